The number of carbonyl (C=O) groups is 1. The van der Waals surface area contributed by atoms with Crippen LogP contribution in [0.4, 0.5) is 0 Å². The predicted molar refractivity (Wildman–Crippen MR) is 64.5 cm³/mol. The molecule has 0 radical (unpaired) electrons. The van der Waals surface area contributed by atoms with Crippen LogP contribution in [0.25, 0.3) is 11.3 Å². The number of carbonyl (C=O) groups excluding carboxylic acids is 1. The van der Waals surface area contributed by atoms with Gasteiger partial charge in [-0.05, 0) is 13.8 Å². The van der Waals surface area contributed by atoms with Crippen molar-refractivity contribution in [2.45, 2.75) is 19.9 Å². The van der Waals surface area contributed by atoms with E-state index in [2.05, 4.69) is 10.5 Å². The number of nitrogens with one attached hydrogen (secondary N) is 1. The molecule has 1 aromatic heterocycles. The van der Waals surface area contributed by atoms with Gasteiger partial charge in [-0.25, -0.2) is 0 Å². The topological polar surface area (TPSA) is 55.1 Å². The van der Waals surface area contributed by atoms with Crippen molar-refractivity contribution in [2.75, 3.05) is 0 Å². The van der Waals surface area contributed by atoms with Gasteiger partial charge in [-0.2, -0.15) is 0 Å². The summed E-state index contributed by atoms with van der Waals surface area (Å²) in [5.41, 5.74) is 1.21. The monoisotopic (exact) mass is 230 g/mol. The van der Waals surface area contributed by atoms with Gasteiger partial charge in [-0.15, -0.1) is 0 Å². The van der Waals surface area contributed by atoms with Gasteiger partial charge in [-0.1, -0.05) is 35.5 Å². The van der Waals surface area contributed by atoms with Crippen molar-refractivity contribution >= 4 is 5.91 Å². The van der Waals surface area contributed by atoms with Gasteiger partial charge >= 0.3 is 0 Å². The van der Waals surface area contributed by atoms with E-state index in [0.717, 1.165) is 5.56 Å². The summed E-state index contributed by atoms with van der Waals surface area (Å²) in [6, 6.07) is 11.3. The third-order valence-corrected chi connectivity index (χ3v) is 2.22. The van der Waals surface area contributed by atoms with Crippen molar-refractivity contribution in [3.05, 3.63) is 42.1 Å². The Morgan fingerprint density at radius 3 is 2.65 bits per heavy atom. The average molecular weight is 230 g/mol. The van der Waals surface area contributed by atoms with Gasteiger partial charge in [0.2, 0.25) is 0 Å². The van der Waals surface area contributed by atoms with Crippen LogP contribution < -0.4 is 5.32 Å². The van der Waals surface area contributed by atoms with Crippen molar-refractivity contribution in [3.8, 4) is 11.3 Å². The van der Waals surface area contributed by atoms with Crippen molar-refractivity contribution in [2.24, 2.45) is 0 Å². The largest absolute Gasteiger partial charge is 0.355 e. The Morgan fingerprint density at radius 2 is 2.00 bits per heavy atom. The van der Waals surface area contributed by atoms with E-state index in [4.69, 9.17) is 4.52 Å². The molecule has 4 heteroatoms. The number of hydrogen-bond donors (Lipinski definition) is 1. The molecule has 0 bridgehead atoms. The van der Waals surface area contributed by atoms with E-state index in [0.29, 0.717) is 11.5 Å². The highest BCUT2D eigenvalue weighted by atomic mass is 16.5. The fourth-order valence-corrected chi connectivity index (χ4v) is 1.46. The maximum atomic E-state index is 11.7. The molecule has 0 unspecified atom stereocenters. The first kappa shape index (κ1) is 11.4. The van der Waals surface area contributed by atoms with E-state index in [1.54, 1.807) is 6.07 Å². The SMILES string of the molecule is CC(C)NC(=O)c1cc(-c2ccccc2)on1. The van der Waals surface area contributed by atoms with E-state index in [1.807, 2.05) is 44.2 Å². The molecule has 0 aliphatic heterocycles. The summed E-state index contributed by atoms with van der Waals surface area (Å²) in [6.45, 7) is 3.80. The van der Waals surface area contributed by atoms with Crippen LogP contribution in [0.1, 0.15) is 24.3 Å². The maximum Gasteiger partial charge on any atom is 0.273 e. The van der Waals surface area contributed by atoms with Gasteiger partial charge in [0, 0.05) is 17.7 Å². The van der Waals surface area contributed by atoms with E-state index in [9.17, 15) is 4.79 Å². The molecule has 2 rings (SSSR count). The number of benzene rings is 1. The van der Waals surface area contributed by atoms with Crippen molar-refractivity contribution < 1.29 is 9.32 Å². The summed E-state index contributed by atoms with van der Waals surface area (Å²) in [7, 11) is 0. The molecule has 0 spiro atoms. The third-order valence-electron chi connectivity index (χ3n) is 2.22. The van der Waals surface area contributed by atoms with Crippen LogP contribution in [-0.4, -0.2) is 17.1 Å². The molecule has 4 nitrogen and oxygen atoms in total. The lowest BCUT2D eigenvalue weighted by atomic mass is 10.1. The Labute approximate surface area is 99.6 Å². The molecule has 0 aliphatic rings. The second-order valence-corrected chi connectivity index (χ2v) is 4.07. The zero-order valence-electron chi connectivity index (χ0n) is 9.81. The normalized spacial score (nSPS) is 10.5. The van der Waals surface area contributed by atoms with Gasteiger partial charge in [-0.3, -0.25) is 4.79 Å². The third kappa shape index (κ3) is 2.72. The van der Waals surface area contributed by atoms with Crippen LogP contribution in [0.2, 0.25) is 0 Å². The Hall–Kier alpha value is -2.10. The standard InChI is InChI=1S/C13H14N2O2/c1-9(2)14-13(16)11-8-12(17-15-11)10-6-4-3-5-7-10/h3-9H,1-2H3,(H,14,16). The first-order valence-electron chi connectivity index (χ1n) is 5.50. The summed E-state index contributed by atoms with van der Waals surface area (Å²) in [6.07, 6.45) is 0. The second-order valence-electron chi connectivity index (χ2n) is 4.07. The van der Waals surface area contributed by atoms with Gasteiger partial charge in [0.1, 0.15) is 0 Å². The van der Waals surface area contributed by atoms with Crippen molar-refractivity contribution in [3.63, 3.8) is 0 Å². The highest BCUT2D eigenvalue weighted by Crippen LogP contribution is 2.19. The van der Waals surface area contributed by atoms with Crippen molar-refractivity contribution in [1.29, 1.82) is 0 Å². The quantitative estimate of drug-likeness (QED) is 0.881. The zero-order valence-corrected chi connectivity index (χ0v) is 9.81. The summed E-state index contributed by atoms with van der Waals surface area (Å²) in [5.74, 6) is 0.380. The smallest absolute Gasteiger partial charge is 0.273 e. The minimum Gasteiger partial charge on any atom is -0.355 e. The molecule has 1 amide bonds. The highest BCUT2D eigenvalue weighted by Gasteiger charge is 2.13. The van der Waals surface area contributed by atoms with Crippen LogP contribution in [0, 0.1) is 0 Å². The molecule has 0 aliphatic carbocycles. The Kier molecular flexibility index (Phi) is 3.23. The maximum absolute atomic E-state index is 11.7. The first-order valence-corrected chi connectivity index (χ1v) is 5.50. The Balaban J connectivity index is 2.19. The number of rotatable bonds is 3. The molecular weight excluding hydrogens is 216 g/mol. The van der Waals surface area contributed by atoms with Crippen LogP contribution in [0.3, 0.4) is 0 Å². The summed E-state index contributed by atoms with van der Waals surface area (Å²) < 4.78 is 5.14. The fourth-order valence-electron chi connectivity index (χ4n) is 1.46. The van der Waals surface area contributed by atoms with Crippen LogP contribution >= 0.6 is 0 Å². The average Bonchev–Trinajstić information content (AvgIpc) is 2.78. The minimum atomic E-state index is -0.217. The number of aromatic nitrogens is 1. The lowest BCUT2D eigenvalue weighted by Gasteiger charge is -2.04. The Bertz CT molecular complexity index is 503. The van der Waals surface area contributed by atoms with Crippen LogP contribution in [0.15, 0.2) is 40.9 Å². The fraction of sp³-hybridized carbons (Fsp3) is 0.231. The van der Waals surface area contributed by atoms with Gasteiger partial charge in [0.15, 0.2) is 11.5 Å². The van der Waals surface area contributed by atoms with E-state index in [-0.39, 0.29) is 11.9 Å². The molecule has 0 saturated heterocycles. The number of hydrogen-bond acceptors (Lipinski definition) is 3. The molecule has 88 valence electrons. The molecule has 2 aromatic rings. The predicted octanol–water partition coefficient (Wildman–Crippen LogP) is 2.48. The van der Waals surface area contributed by atoms with E-state index >= 15 is 0 Å². The molecule has 1 heterocycles. The van der Waals surface area contributed by atoms with Crippen LogP contribution in [0.5, 0.6) is 0 Å². The molecule has 0 fully saturated rings. The van der Waals surface area contributed by atoms with Gasteiger partial charge in [0.05, 0.1) is 0 Å². The van der Waals surface area contributed by atoms with E-state index in [1.165, 1.54) is 0 Å². The molecule has 0 saturated carbocycles. The highest BCUT2D eigenvalue weighted by molar-refractivity contribution is 5.93. The first-order chi connectivity index (χ1) is 8.16. The lowest BCUT2D eigenvalue weighted by molar-refractivity contribution is 0.0934. The van der Waals surface area contributed by atoms with Crippen LogP contribution in [-0.2, 0) is 0 Å². The van der Waals surface area contributed by atoms with E-state index < -0.39 is 0 Å². The number of nitrogens with zero attached hydrogens (tertiary/aromatic N) is 1. The van der Waals surface area contributed by atoms with Gasteiger partial charge < -0.3 is 9.84 Å². The molecule has 1 N–H and O–H groups in total. The van der Waals surface area contributed by atoms with Gasteiger partial charge in [0.25, 0.3) is 5.91 Å². The number of amides is 1. The summed E-state index contributed by atoms with van der Waals surface area (Å²) in [5, 5.41) is 6.52. The molecule has 17 heavy (non-hydrogen) atoms. The second kappa shape index (κ2) is 4.82. The summed E-state index contributed by atoms with van der Waals surface area (Å²) >= 11 is 0. The Morgan fingerprint density at radius 1 is 1.29 bits per heavy atom. The molecular formula is C13H14N2O2. The zero-order chi connectivity index (χ0) is 12.3. The molecule has 1 aromatic carbocycles. The minimum absolute atomic E-state index is 0.0828. The molecule has 0 atom stereocenters. The summed E-state index contributed by atoms with van der Waals surface area (Å²) in [4.78, 5) is 11.7. The van der Waals surface area contributed by atoms with Crippen molar-refractivity contribution in [1.82, 2.24) is 10.5 Å². The lowest BCUT2D eigenvalue weighted by Crippen LogP contribution is -2.30.